The molecule has 0 aliphatic carbocycles. The first-order valence-electron chi connectivity index (χ1n) is 7.03. The topological polar surface area (TPSA) is 60.0 Å². The molecule has 2 N–H and O–H groups in total. The average Bonchev–Trinajstić information content (AvgIpc) is 2.47. The van der Waals surface area contributed by atoms with Crippen molar-refractivity contribution in [2.75, 3.05) is 40.1 Å². The molecular formula is C15H24FNO4. The van der Waals surface area contributed by atoms with Gasteiger partial charge in [0.15, 0.2) is 0 Å². The van der Waals surface area contributed by atoms with Crippen molar-refractivity contribution in [3.05, 3.63) is 29.6 Å². The minimum absolute atomic E-state index is 0.0694. The first-order valence-corrected chi connectivity index (χ1v) is 7.03. The Labute approximate surface area is 125 Å². The van der Waals surface area contributed by atoms with Gasteiger partial charge in [-0.2, -0.15) is 0 Å². The van der Waals surface area contributed by atoms with Crippen LogP contribution in [-0.2, 0) is 16.0 Å². The van der Waals surface area contributed by atoms with E-state index in [0.717, 1.165) is 5.56 Å². The molecule has 0 saturated heterocycles. The van der Waals surface area contributed by atoms with Crippen molar-refractivity contribution in [3.63, 3.8) is 0 Å². The lowest BCUT2D eigenvalue weighted by Crippen LogP contribution is -2.23. The standard InChI is InChI=1S/C15H24FNO4/c1-3-20-10-14(18)11-21-15-7-12(6-13(16)8-15)9-17-4-5-19-2/h6-8,14,17-18H,3-5,9-11H2,1-2H3. The summed E-state index contributed by atoms with van der Waals surface area (Å²) in [6.45, 7) is 4.48. The van der Waals surface area contributed by atoms with Gasteiger partial charge in [0.05, 0.1) is 13.2 Å². The Morgan fingerprint density at radius 3 is 2.81 bits per heavy atom. The third-order valence-corrected chi connectivity index (χ3v) is 2.70. The Hall–Kier alpha value is -1.21. The van der Waals surface area contributed by atoms with E-state index in [1.54, 1.807) is 13.2 Å². The number of hydrogen-bond donors (Lipinski definition) is 2. The summed E-state index contributed by atoms with van der Waals surface area (Å²) in [5.74, 6) is 0.0319. The number of aliphatic hydroxyl groups is 1. The predicted molar refractivity (Wildman–Crippen MR) is 78.0 cm³/mol. The smallest absolute Gasteiger partial charge is 0.127 e. The van der Waals surface area contributed by atoms with Crippen LogP contribution in [0.2, 0.25) is 0 Å². The van der Waals surface area contributed by atoms with Gasteiger partial charge in [-0.3, -0.25) is 0 Å². The van der Waals surface area contributed by atoms with E-state index in [9.17, 15) is 9.50 Å². The molecule has 0 aliphatic rings. The van der Waals surface area contributed by atoms with Gasteiger partial charge >= 0.3 is 0 Å². The highest BCUT2D eigenvalue weighted by Gasteiger charge is 2.07. The number of hydrogen-bond acceptors (Lipinski definition) is 5. The van der Waals surface area contributed by atoms with Crippen LogP contribution in [-0.4, -0.2) is 51.3 Å². The number of benzene rings is 1. The molecule has 120 valence electrons. The lowest BCUT2D eigenvalue weighted by Gasteiger charge is -2.13. The third-order valence-electron chi connectivity index (χ3n) is 2.70. The zero-order chi connectivity index (χ0) is 15.5. The van der Waals surface area contributed by atoms with Crippen LogP contribution in [0.5, 0.6) is 5.75 Å². The summed E-state index contributed by atoms with van der Waals surface area (Å²) in [6.07, 6.45) is -0.725. The van der Waals surface area contributed by atoms with Crippen molar-refractivity contribution in [2.45, 2.75) is 19.6 Å². The van der Waals surface area contributed by atoms with Gasteiger partial charge in [0.25, 0.3) is 0 Å². The Morgan fingerprint density at radius 1 is 1.29 bits per heavy atom. The Kier molecular flexibility index (Phi) is 8.93. The summed E-state index contributed by atoms with van der Waals surface area (Å²) >= 11 is 0. The van der Waals surface area contributed by atoms with Gasteiger partial charge in [-0.1, -0.05) is 0 Å². The largest absolute Gasteiger partial charge is 0.491 e. The molecule has 1 unspecified atom stereocenters. The molecule has 0 spiro atoms. The Bertz CT molecular complexity index is 403. The molecular weight excluding hydrogens is 277 g/mol. The molecule has 0 amide bonds. The van der Waals surface area contributed by atoms with Gasteiger partial charge in [0.1, 0.15) is 24.3 Å². The normalized spacial score (nSPS) is 12.4. The van der Waals surface area contributed by atoms with E-state index in [-0.39, 0.29) is 19.0 Å². The van der Waals surface area contributed by atoms with Crippen LogP contribution >= 0.6 is 0 Å². The van der Waals surface area contributed by atoms with Crippen molar-refractivity contribution < 1.29 is 23.7 Å². The zero-order valence-electron chi connectivity index (χ0n) is 12.6. The lowest BCUT2D eigenvalue weighted by atomic mass is 10.2. The molecule has 1 aromatic rings. The molecule has 0 saturated carbocycles. The van der Waals surface area contributed by atoms with Crippen LogP contribution < -0.4 is 10.1 Å². The SMILES string of the molecule is CCOCC(O)COc1cc(F)cc(CNCCOC)c1. The maximum absolute atomic E-state index is 13.5. The molecule has 1 atom stereocenters. The van der Waals surface area contributed by atoms with E-state index in [4.69, 9.17) is 14.2 Å². The highest BCUT2D eigenvalue weighted by molar-refractivity contribution is 5.29. The highest BCUT2D eigenvalue weighted by atomic mass is 19.1. The van der Waals surface area contributed by atoms with E-state index in [1.807, 2.05) is 6.92 Å². The third kappa shape index (κ3) is 7.96. The summed E-state index contributed by atoms with van der Waals surface area (Å²) in [7, 11) is 1.63. The monoisotopic (exact) mass is 301 g/mol. The first kappa shape index (κ1) is 17.8. The Morgan fingerprint density at radius 2 is 2.10 bits per heavy atom. The number of ether oxygens (including phenoxy) is 3. The molecule has 1 aromatic carbocycles. The second-order valence-electron chi connectivity index (χ2n) is 4.59. The first-order chi connectivity index (χ1) is 10.2. The molecule has 6 heteroatoms. The molecule has 21 heavy (non-hydrogen) atoms. The van der Waals surface area contributed by atoms with Crippen molar-refractivity contribution in [1.82, 2.24) is 5.32 Å². The van der Waals surface area contributed by atoms with Crippen LogP contribution in [0.4, 0.5) is 4.39 Å². The van der Waals surface area contributed by atoms with Crippen molar-refractivity contribution in [1.29, 1.82) is 0 Å². The van der Waals surface area contributed by atoms with Gasteiger partial charge < -0.3 is 24.6 Å². The number of methoxy groups -OCH3 is 1. The van der Waals surface area contributed by atoms with Crippen molar-refractivity contribution in [3.8, 4) is 5.75 Å². The van der Waals surface area contributed by atoms with Crippen LogP contribution in [0.25, 0.3) is 0 Å². The number of nitrogens with one attached hydrogen (secondary N) is 1. The molecule has 0 radical (unpaired) electrons. The summed E-state index contributed by atoms with van der Waals surface area (Å²) in [4.78, 5) is 0. The second-order valence-corrected chi connectivity index (χ2v) is 4.59. The molecule has 0 heterocycles. The zero-order valence-corrected chi connectivity index (χ0v) is 12.6. The van der Waals surface area contributed by atoms with Crippen molar-refractivity contribution >= 4 is 0 Å². The minimum atomic E-state index is -0.725. The van der Waals surface area contributed by atoms with E-state index in [0.29, 0.717) is 32.1 Å². The summed E-state index contributed by atoms with van der Waals surface area (Å²) in [5, 5.41) is 12.7. The van der Waals surface area contributed by atoms with Crippen LogP contribution in [0.3, 0.4) is 0 Å². The summed E-state index contributed by atoms with van der Waals surface area (Å²) < 4.78 is 28.9. The average molecular weight is 301 g/mol. The molecule has 0 aromatic heterocycles. The molecule has 5 nitrogen and oxygen atoms in total. The number of halogens is 1. The summed E-state index contributed by atoms with van der Waals surface area (Å²) in [6, 6.07) is 4.49. The fourth-order valence-electron chi connectivity index (χ4n) is 1.71. The van der Waals surface area contributed by atoms with Gasteiger partial charge in [-0.25, -0.2) is 4.39 Å². The molecule has 1 rings (SSSR count). The van der Waals surface area contributed by atoms with Crippen LogP contribution in [0.1, 0.15) is 12.5 Å². The maximum Gasteiger partial charge on any atom is 0.127 e. The van der Waals surface area contributed by atoms with Gasteiger partial charge in [0.2, 0.25) is 0 Å². The predicted octanol–water partition coefficient (Wildman–Crippen LogP) is 1.34. The number of rotatable bonds is 11. The fourth-order valence-corrected chi connectivity index (χ4v) is 1.71. The Balaban J connectivity index is 2.44. The van der Waals surface area contributed by atoms with Crippen LogP contribution in [0, 0.1) is 5.82 Å². The second kappa shape index (κ2) is 10.5. The number of aliphatic hydroxyl groups excluding tert-OH is 1. The van der Waals surface area contributed by atoms with E-state index >= 15 is 0 Å². The van der Waals surface area contributed by atoms with Gasteiger partial charge in [-0.05, 0) is 24.6 Å². The van der Waals surface area contributed by atoms with Gasteiger partial charge in [0, 0.05) is 32.9 Å². The fraction of sp³-hybridized carbons (Fsp3) is 0.600. The molecule has 0 aliphatic heterocycles. The maximum atomic E-state index is 13.5. The molecule has 0 fully saturated rings. The quantitative estimate of drug-likeness (QED) is 0.604. The summed E-state index contributed by atoms with van der Waals surface area (Å²) in [5.41, 5.74) is 0.778. The highest BCUT2D eigenvalue weighted by Crippen LogP contribution is 2.16. The van der Waals surface area contributed by atoms with E-state index in [2.05, 4.69) is 5.32 Å². The van der Waals surface area contributed by atoms with Crippen molar-refractivity contribution in [2.24, 2.45) is 0 Å². The van der Waals surface area contributed by atoms with E-state index < -0.39 is 6.10 Å². The molecule has 0 bridgehead atoms. The van der Waals surface area contributed by atoms with Crippen LogP contribution in [0.15, 0.2) is 18.2 Å². The van der Waals surface area contributed by atoms with Gasteiger partial charge in [-0.15, -0.1) is 0 Å². The lowest BCUT2D eigenvalue weighted by molar-refractivity contribution is 0.0164. The minimum Gasteiger partial charge on any atom is -0.491 e. The van der Waals surface area contributed by atoms with E-state index in [1.165, 1.54) is 12.1 Å².